The number of piperazine rings is 1. The maximum absolute atomic E-state index is 12.6. The number of benzene rings is 1. The Morgan fingerprint density at radius 3 is 2.53 bits per heavy atom. The number of aromatic nitrogens is 1. The summed E-state index contributed by atoms with van der Waals surface area (Å²) < 4.78 is 5.64. The highest BCUT2D eigenvalue weighted by atomic mass is 16.3. The molecule has 0 radical (unpaired) electrons. The van der Waals surface area contributed by atoms with E-state index in [1.54, 1.807) is 0 Å². The molecule has 3 fully saturated rings. The van der Waals surface area contributed by atoms with Gasteiger partial charge in [-0.05, 0) is 48.0 Å². The molecular formula is C26H32N4O2. The zero-order valence-electron chi connectivity index (χ0n) is 18.6. The normalized spacial score (nSPS) is 28.4. The SMILES string of the molecule is O=C(NC[C@H]1C[C@H]2C=C[C@H]1C21CC1)c1coc(CN2CCN(Cc3ccccc3)CC2)n1. The van der Waals surface area contributed by atoms with Crippen molar-refractivity contribution in [1.82, 2.24) is 20.1 Å². The fourth-order valence-electron chi connectivity index (χ4n) is 6.30. The predicted octanol–water partition coefficient (Wildman–Crippen LogP) is 3.32. The second-order valence-electron chi connectivity index (χ2n) is 10.1. The quantitative estimate of drug-likeness (QED) is 0.680. The standard InChI is InChI=1S/C26H32N4O2/c31-25(27-15-20-14-21-6-7-22(20)26(21)8-9-26)23-18-32-24(28-23)17-30-12-10-29(11-13-30)16-19-4-2-1-3-5-19/h1-7,18,20-22H,8-17H2,(H,27,31)/t20-,21-,22-/m1/s1. The molecule has 1 aromatic carbocycles. The van der Waals surface area contributed by atoms with Gasteiger partial charge in [0.25, 0.3) is 5.91 Å². The monoisotopic (exact) mass is 432 g/mol. The number of hydrogen-bond donors (Lipinski definition) is 1. The molecule has 32 heavy (non-hydrogen) atoms. The van der Waals surface area contributed by atoms with Crippen LogP contribution in [0, 0.1) is 23.2 Å². The van der Waals surface area contributed by atoms with E-state index in [2.05, 4.69) is 62.6 Å². The van der Waals surface area contributed by atoms with Gasteiger partial charge in [0.05, 0.1) is 6.54 Å². The second kappa shape index (κ2) is 8.16. The average Bonchev–Trinajstić information content (AvgIpc) is 3.25. The number of oxazole rings is 1. The molecule has 0 unspecified atom stereocenters. The minimum absolute atomic E-state index is 0.107. The molecule has 1 aliphatic heterocycles. The fraction of sp³-hybridized carbons (Fsp3) is 0.538. The molecule has 168 valence electrons. The lowest BCUT2D eigenvalue weighted by molar-refractivity contribution is 0.0938. The van der Waals surface area contributed by atoms with E-state index in [9.17, 15) is 4.79 Å². The first-order valence-electron chi connectivity index (χ1n) is 12.1. The molecule has 2 bridgehead atoms. The van der Waals surface area contributed by atoms with E-state index in [0.717, 1.165) is 45.2 Å². The van der Waals surface area contributed by atoms with Crippen LogP contribution in [0.1, 0.15) is 41.2 Å². The van der Waals surface area contributed by atoms with Gasteiger partial charge in [0.1, 0.15) is 6.26 Å². The second-order valence-corrected chi connectivity index (χ2v) is 10.1. The summed E-state index contributed by atoms with van der Waals surface area (Å²) in [5, 5.41) is 3.12. The Morgan fingerprint density at radius 2 is 1.81 bits per heavy atom. The highest BCUT2D eigenvalue weighted by molar-refractivity contribution is 5.91. The van der Waals surface area contributed by atoms with Crippen LogP contribution in [0.4, 0.5) is 0 Å². The minimum Gasteiger partial charge on any atom is -0.447 e. The van der Waals surface area contributed by atoms with Crippen LogP contribution in [0.2, 0.25) is 0 Å². The molecule has 1 aromatic heterocycles. The van der Waals surface area contributed by atoms with Gasteiger partial charge < -0.3 is 9.73 Å². The van der Waals surface area contributed by atoms with Gasteiger partial charge >= 0.3 is 0 Å². The van der Waals surface area contributed by atoms with Crippen molar-refractivity contribution in [3.8, 4) is 0 Å². The molecule has 1 amide bonds. The molecule has 2 aromatic rings. The molecule has 2 saturated carbocycles. The molecule has 6 heteroatoms. The summed E-state index contributed by atoms with van der Waals surface area (Å²) in [6, 6.07) is 10.6. The van der Waals surface area contributed by atoms with Crippen molar-refractivity contribution in [2.45, 2.75) is 32.4 Å². The summed E-state index contributed by atoms with van der Waals surface area (Å²) in [5.41, 5.74) is 2.34. The van der Waals surface area contributed by atoms with Crippen LogP contribution >= 0.6 is 0 Å². The number of amides is 1. The smallest absolute Gasteiger partial charge is 0.273 e. The first-order chi connectivity index (χ1) is 15.7. The number of carbonyl (C=O) groups is 1. The van der Waals surface area contributed by atoms with Crippen molar-refractivity contribution >= 4 is 5.91 Å². The van der Waals surface area contributed by atoms with Crippen molar-refractivity contribution in [2.24, 2.45) is 23.2 Å². The zero-order chi connectivity index (χ0) is 21.5. The van der Waals surface area contributed by atoms with Gasteiger partial charge in [-0.2, -0.15) is 0 Å². The van der Waals surface area contributed by atoms with Crippen molar-refractivity contribution in [1.29, 1.82) is 0 Å². The lowest BCUT2D eigenvalue weighted by Gasteiger charge is -2.34. The first kappa shape index (κ1) is 20.2. The number of allylic oxidation sites excluding steroid dienone is 2. The van der Waals surface area contributed by atoms with Crippen molar-refractivity contribution in [3.05, 3.63) is 65.9 Å². The third-order valence-electron chi connectivity index (χ3n) is 8.23. The maximum atomic E-state index is 12.6. The molecule has 4 aliphatic rings. The van der Waals surface area contributed by atoms with Crippen LogP contribution in [0.25, 0.3) is 0 Å². The predicted molar refractivity (Wildman–Crippen MR) is 122 cm³/mol. The Balaban J connectivity index is 0.962. The van der Waals surface area contributed by atoms with Crippen LogP contribution in [-0.2, 0) is 13.1 Å². The van der Waals surface area contributed by atoms with Gasteiger partial charge in [-0.1, -0.05) is 42.5 Å². The molecule has 6 rings (SSSR count). The largest absolute Gasteiger partial charge is 0.447 e. The molecule has 2 heterocycles. The Hall–Kier alpha value is -2.44. The Kier molecular flexibility index (Phi) is 5.15. The highest BCUT2D eigenvalue weighted by Crippen LogP contribution is 2.69. The fourth-order valence-corrected chi connectivity index (χ4v) is 6.30. The molecule has 1 N–H and O–H groups in total. The average molecular weight is 433 g/mol. The van der Waals surface area contributed by atoms with Gasteiger partial charge in [0.2, 0.25) is 5.89 Å². The van der Waals surface area contributed by atoms with E-state index in [4.69, 9.17) is 4.42 Å². The minimum atomic E-state index is -0.107. The molecular weight excluding hydrogens is 400 g/mol. The van der Waals surface area contributed by atoms with Crippen LogP contribution in [0.5, 0.6) is 0 Å². The van der Waals surface area contributed by atoms with E-state index in [1.807, 2.05) is 0 Å². The summed E-state index contributed by atoms with van der Waals surface area (Å²) in [6.07, 6.45) is 10.3. The lowest BCUT2D eigenvalue weighted by Crippen LogP contribution is -2.45. The van der Waals surface area contributed by atoms with E-state index in [1.165, 1.54) is 31.1 Å². The number of carbonyl (C=O) groups excluding carboxylic acids is 1. The van der Waals surface area contributed by atoms with Crippen LogP contribution in [0.3, 0.4) is 0 Å². The van der Waals surface area contributed by atoms with Crippen LogP contribution in [-0.4, -0.2) is 53.4 Å². The zero-order valence-corrected chi connectivity index (χ0v) is 18.6. The van der Waals surface area contributed by atoms with Crippen LogP contribution in [0.15, 0.2) is 53.2 Å². The van der Waals surface area contributed by atoms with Crippen LogP contribution < -0.4 is 5.32 Å². The number of nitrogens with zero attached hydrogens (tertiary/aromatic N) is 3. The molecule has 1 spiro atoms. The molecule has 6 nitrogen and oxygen atoms in total. The topological polar surface area (TPSA) is 61.6 Å². The van der Waals surface area contributed by atoms with Crippen molar-refractivity contribution < 1.29 is 9.21 Å². The third-order valence-corrected chi connectivity index (χ3v) is 8.23. The molecule has 1 saturated heterocycles. The first-order valence-corrected chi connectivity index (χ1v) is 12.1. The van der Waals surface area contributed by atoms with Gasteiger partial charge in [0.15, 0.2) is 5.69 Å². The Morgan fingerprint density at radius 1 is 1.06 bits per heavy atom. The maximum Gasteiger partial charge on any atom is 0.273 e. The highest BCUT2D eigenvalue weighted by Gasteiger charge is 2.62. The summed E-state index contributed by atoms with van der Waals surface area (Å²) in [7, 11) is 0. The molecule has 3 aliphatic carbocycles. The van der Waals surface area contributed by atoms with Crippen molar-refractivity contribution in [2.75, 3.05) is 32.7 Å². The number of nitrogens with one attached hydrogen (secondary N) is 1. The summed E-state index contributed by atoms with van der Waals surface area (Å²) in [5.74, 6) is 2.52. The Bertz CT molecular complexity index is 988. The Labute approximate surface area is 189 Å². The van der Waals surface area contributed by atoms with Gasteiger partial charge in [-0.3, -0.25) is 14.6 Å². The van der Waals surface area contributed by atoms with Gasteiger partial charge in [-0.15, -0.1) is 0 Å². The van der Waals surface area contributed by atoms with E-state index in [0.29, 0.717) is 35.4 Å². The van der Waals surface area contributed by atoms with Crippen molar-refractivity contribution in [3.63, 3.8) is 0 Å². The van der Waals surface area contributed by atoms with Gasteiger partial charge in [-0.25, -0.2) is 4.98 Å². The molecule has 3 atom stereocenters. The van der Waals surface area contributed by atoms with E-state index in [-0.39, 0.29) is 5.91 Å². The van der Waals surface area contributed by atoms with E-state index >= 15 is 0 Å². The number of rotatable bonds is 7. The lowest BCUT2D eigenvalue weighted by atomic mass is 9.89. The summed E-state index contributed by atoms with van der Waals surface area (Å²) in [4.78, 5) is 21.9. The summed E-state index contributed by atoms with van der Waals surface area (Å²) in [6.45, 7) is 6.43. The third kappa shape index (κ3) is 3.80. The van der Waals surface area contributed by atoms with E-state index < -0.39 is 0 Å². The van der Waals surface area contributed by atoms with Gasteiger partial charge in [0, 0.05) is 39.3 Å². The number of hydrogen-bond acceptors (Lipinski definition) is 5. The summed E-state index contributed by atoms with van der Waals surface area (Å²) >= 11 is 0.